The number of nitrogens with zero attached hydrogens (tertiary/aromatic N) is 2. The first-order chi connectivity index (χ1) is 44.5. The Morgan fingerprint density at radius 3 is 1.40 bits per heavy atom. The number of aromatic nitrogens is 1. The minimum absolute atomic E-state index is 0.131. The molecule has 16 rings (SSSR count). The topological polar surface area (TPSA) is 8.17 Å². The fraction of sp³-hybridized carbons (Fsp3) is 0.200. The Labute approximate surface area is 544 Å². The standard InChI is InChI=1S/C90H80N2/c1-57(87(3,4)5)52-77(58(2)88(6,7)8)62-34-32-61(33-35-62)64-38-48-74-71-25-15-19-29-80(71)90(83(74)54-64)81-30-20-16-26-72(81)75-49-39-65(55-84(75)90)63-40-51-86-78(53-63)76-27-17-21-31-85(76)92(86)68-45-43-67(44-46-68)91(66-41-36-60(37-42-66)59-22-12-11-13-23-59)69-47-50-73-70-24-14-18-28-79(70)89(9,10)82(73)56-69/h11-51,53-58,77H,52H2,1-10H3. The minimum Gasteiger partial charge on any atom is -0.310 e. The lowest BCUT2D eigenvalue weighted by Gasteiger charge is -2.39. The fourth-order valence-corrected chi connectivity index (χ4v) is 16.3. The number of hydrogen-bond donors (Lipinski definition) is 0. The van der Waals surface area contributed by atoms with Crippen LogP contribution in [-0.2, 0) is 10.8 Å². The Balaban J connectivity index is 0.778. The second kappa shape index (κ2) is 21.4. The average molecular weight is 1190 g/mol. The molecule has 0 radical (unpaired) electrons. The molecule has 2 heteroatoms. The third-order valence-electron chi connectivity index (χ3n) is 22.2. The fourth-order valence-electron chi connectivity index (χ4n) is 16.3. The van der Waals surface area contributed by atoms with Gasteiger partial charge in [0.2, 0.25) is 0 Å². The van der Waals surface area contributed by atoms with Crippen molar-refractivity contribution >= 4 is 38.9 Å². The highest BCUT2D eigenvalue weighted by molar-refractivity contribution is 6.11. The largest absolute Gasteiger partial charge is 0.310 e. The van der Waals surface area contributed by atoms with Gasteiger partial charge in [-0.05, 0) is 220 Å². The summed E-state index contributed by atoms with van der Waals surface area (Å²) in [4.78, 5) is 2.42. The van der Waals surface area contributed by atoms with Gasteiger partial charge < -0.3 is 9.47 Å². The molecule has 4 atom stereocenters. The van der Waals surface area contributed by atoms with E-state index in [-0.39, 0.29) is 16.2 Å². The van der Waals surface area contributed by atoms with Gasteiger partial charge in [0.15, 0.2) is 0 Å². The lowest BCUT2D eigenvalue weighted by molar-refractivity contribution is 0.163. The summed E-state index contributed by atoms with van der Waals surface area (Å²) >= 11 is 0. The van der Waals surface area contributed by atoms with E-state index in [9.17, 15) is 0 Å². The summed E-state index contributed by atoms with van der Waals surface area (Å²) in [6, 6.07) is 104. The molecule has 0 N–H and O–H groups in total. The molecule has 4 unspecified atom stereocenters. The van der Waals surface area contributed by atoms with Crippen LogP contribution in [0.2, 0.25) is 0 Å². The van der Waals surface area contributed by atoms with Crippen molar-refractivity contribution in [2.45, 2.75) is 92.4 Å². The predicted octanol–water partition coefficient (Wildman–Crippen LogP) is 24.7. The maximum Gasteiger partial charge on any atom is 0.0725 e. The molecule has 0 aliphatic heterocycles. The monoisotopic (exact) mass is 1190 g/mol. The Morgan fingerprint density at radius 2 is 0.783 bits per heavy atom. The molecule has 3 aliphatic rings. The van der Waals surface area contributed by atoms with Gasteiger partial charge in [-0.1, -0.05) is 263 Å². The maximum absolute atomic E-state index is 2.54. The summed E-state index contributed by atoms with van der Waals surface area (Å²) < 4.78 is 2.45. The number of rotatable bonds is 11. The molecule has 1 heterocycles. The summed E-state index contributed by atoms with van der Waals surface area (Å²) in [6.07, 6.45) is 1.17. The van der Waals surface area contributed by atoms with Crippen LogP contribution in [-0.4, -0.2) is 4.57 Å². The van der Waals surface area contributed by atoms with Crippen LogP contribution in [0.1, 0.15) is 121 Å². The Hall–Kier alpha value is -9.76. The number of hydrogen-bond acceptors (Lipinski definition) is 1. The second-order valence-corrected chi connectivity index (χ2v) is 29.5. The number of anilines is 3. The zero-order valence-corrected chi connectivity index (χ0v) is 54.8. The highest BCUT2D eigenvalue weighted by Crippen LogP contribution is 2.64. The summed E-state index contributed by atoms with van der Waals surface area (Å²) in [5.41, 5.74) is 31.5. The van der Waals surface area contributed by atoms with Crippen LogP contribution in [0.4, 0.5) is 17.1 Å². The molecule has 1 aromatic heterocycles. The molecular formula is C90H80N2. The first-order valence-corrected chi connectivity index (χ1v) is 33.4. The summed E-state index contributed by atoms with van der Waals surface area (Å²) in [6.45, 7) is 24.1. The molecule has 92 heavy (non-hydrogen) atoms. The van der Waals surface area contributed by atoms with Crippen molar-refractivity contribution in [3.8, 4) is 72.4 Å². The molecule has 12 aromatic carbocycles. The average Bonchev–Trinajstić information content (AvgIpc) is 1.51. The quantitative estimate of drug-likeness (QED) is 0.125. The van der Waals surface area contributed by atoms with E-state index in [0.29, 0.717) is 17.8 Å². The van der Waals surface area contributed by atoms with E-state index in [0.717, 1.165) is 22.7 Å². The molecule has 0 saturated heterocycles. The molecule has 3 aliphatic carbocycles. The van der Waals surface area contributed by atoms with Crippen molar-refractivity contribution in [2.24, 2.45) is 22.7 Å². The van der Waals surface area contributed by atoms with Gasteiger partial charge in [-0.25, -0.2) is 0 Å². The maximum atomic E-state index is 2.54. The molecule has 450 valence electrons. The van der Waals surface area contributed by atoms with E-state index in [2.05, 4.69) is 352 Å². The van der Waals surface area contributed by atoms with Crippen LogP contribution < -0.4 is 4.90 Å². The van der Waals surface area contributed by atoms with Crippen molar-refractivity contribution < 1.29 is 0 Å². The van der Waals surface area contributed by atoms with E-state index in [4.69, 9.17) is 0 Å². The predicted molar refractivity (Wildman–Crippen MR) is 390 cm³/mol. The second-order valence-electron chi connectivity index (χ2n) is 29.5. The van der Waals surface area contributed by atoms with Crippen molar-refractivity contribution in [3.63, 3.8) is 0 Å². The highest BCUT2D eigenvalue weighted by atomic mass is 15.1. The highest BCUT2D eigenvalue weighted by Gasteiger charge is 2.52. The third kappa shape index (κ3) is 9.03. The molecule has 1 spiro atoms. The lowest BCUT2D eigenvalue weighted by atomic mass is 9.66. The van der Waals surface area contributed by atoms with Gasteiger partial charge in [-0.3, -0.25) is 0 Å². The number of benzene rings is 12. The third-order valence-corrected chi connectivity index (χ3v) is 22.2. The van der Waals surface area contributed by atoms with Gasteiger partial charge in [-0.2, -0.15) is 0 Å². The molecule has 0 fully saturated rings. The van der Waals surface area contributed by atoms with Crippen LogP contribution in [0, 0.1) is 22.7 Å². The van der Waals surface area contributed by atoms with Gasteiger partial charge >= 0.3 is 0 Å². The van der Waals surface area contributed by atoms with Gasteiger partial charge in [-0.15, -0.1) is 0 Å². The first kappa shape index (κ1) is 57.4. The van der Waals surface area contributed by atoms with Crippen LogP contribution >= 0.6 is 0 Å². The van der Waals surface area contributed by atoms with Crippen LogP contribution in [0.3, 0.4) is 0 Å². The molecule has 0 saturated carbocycles. The molecule has 0 bridgehead atoms. The molecule has 13 aromatic rings. The van der Waals surface area contributed by atoms with E-state index in [1.54, 1.807) is 0 Å². The van der Waals surface area contributed by atoms with E-state index in [1.807, 2.05) is 0 Å². The molecular weight excluding hydrogens is 1110 g/mol. The smallest absolute Gasteiger partial charge is 0.0725 e. The summed E-state index contributed by atoms with van der Waals surface area (Å²) in [5.74, 6) is 1.59. The Morgan fingerprint density at radius 1 is 0.348 bits per heavy atom. The molecule has 0 amide bonds. The van der Waals surface area contributed by atoms with Crippen molar-refractivity contribution in [2.75, 3.05) is 4.90 Å². The zero-order valence-electron chi connectivity index (χ0n) is 54.8. The lowest BCUT2D eigenvalue weighted by Crippen LogP contribution is -2.28. The summed E-state index contributed by atoms with van der Waals surface area (Å²) in [5, 5.41) is 2.47. The van der Waals surface area contributed by atoms with Crippen LogP contribution in [0.5, 0.6) is 0 Å². The number of para-hydroxylation sites is 1. The van der Waals surface area contributed by atoms with Gasteiger partial charge in [0, 0.05) is 38.9 Å². The Bertz CT molecular complexity index is 5010. The Kier molecular flexibility index (Phi) is 13.4. The van der Waals surface area contributed by atoms with E-state index < -0.39 is 5.41 Å². The minimum atomic E-state index is -0.503. The normalized spacial score (nSPS) is 16.0. The zero-order chi connectivity index (χ0) is 63.0. The van der Waals surface area contributed by atoms with Crippen molar-refractivity contribution in [1.29, 1.82) is 0 Å². The summed E-state index contributed by atoms with van der Waals surface area (Å²) in [7, 11) is 0. The van der Waals surface area contributed by atoms with Crippen LogP contribution in [0.15, 0.2) is 273 Å². The van der Waals surface area contributed by atoms with Crippen molar-refractivity contribution in [3.05, 3.63) is 312 Å². The van der Waals surface area contributed by atoms with Gasteiger partial charge in [0.05, 0.1) is 16.4 Å². The van der Waals surface area contributed by atoms with E-state index in [1.165, 1.54) is 134 Å². The van der Waals surface area contributed by atoms with Gasteiger partial charge in [0.25, 0.3) is 0 Å². The van der Waals surface area contributed by atoms with Crippen LogP contribution in [0.25, 0.3) is 94.3 Å². The van der Waals surface area contributed by atoms with E-state index >= 15 is 0 Å². The van der Waals surface area contributed by atoms with Gasteiger partial charge in [0.1, 0.15) is 0 Å². The van der Waals surface area contributed by atoms with Crippen molar-refractivity contribution in [1.82, 2.24) is 4.57 Å². The first-order valence-electron chi connectivity index (χ1n) is 33.4. The number of fused-ring (bicyclic) bond motifs is 16. The SMILES string of the molecule is CC(CC(c1ccc(-c2ccc3c(c2)C2(c4ccccc4-3)c3ccccc3-c3ccc(-c4ccc5c(c4)c4ccccc4n5-c4ccc(N(c5ccc(-c6ccccc6)cc5)c5ccc6c(c5)C(C)(C)c5ccccc5-6)cc4)cc32)cc1)C(C)C(C)(C)C)C(C)(C)C. The molecule has 2 nitrogen and oxygen atoms in total.